The van der Waals surface area contributed by atoms with Crippen molar-refractivity contribution in [1.82, 2.24) is 0 Å². The molecule has 0 bridgehead atoms. The van der Waals surface area contributed by atoms with Crippen LogP contribution in [0.15, 0.2) is 24.3 Å². The van der Waals surface area contributed by atoms with Crippen molar-refractivity contribution in [3.05, 3.63) is 29.8 Å². The highest BCUT2D eigenvalue weighted by Gasteiger charge is 2.30. The largest absolute Gasteiger partial charge is 0.416 e. The van der Waals surface area contributed by atoms with Crippen LogP contribution in [0.2, 0.25) is 0 Å². The fourth-order valence-corrected chi connectivity index (χ4v) is 2.50. The van der Waals surface area contributed by atoms with E-state index in [-0.39, 0.29) is 6.04 Å². The van der Waals surface area contributed by atoms with E-state index in [9.17, 15) is 13.2 Å². The Hall–Kier alpha value is -1.70. The molecule has 0 aromatic heterocycles. The highest BCUT2D eigenvalue weighted by molar-refractivity contribution is 5.49. The number of piperidine rings is 1. The van der Waals surface area contributed by atoms with Crippen molar-refractivity contribution in [2.24, 2.45) is 0 Å². The van der Waals surface area contributed by atoms with E-state index in [4.69, 9.17) is 5.26 Å². The first-order chi connectivity index (χ1) is 9.02. The van der Waals surface area contributed by atoms with E-state index >= 15 is 0 Å². The van der Waals surface area contributed by atoms with Crippen LogP contribution in [0, 0.1) is 11.3 Å². The Morgan fingerprint density at radius 2 is 1.89 bits per heavy atom. The summed E-state index contributed by atoms with van der Waals surface area (Å²) in [6, 6.07) is 7.48. The molecule has 1 atom stereocenters. The first-order valence-electron chi connectivity index (χ1n) is 6.33. The Kier molecular flexibility index (Phi) is 3.98. The van der Waals surface area contributed by atoms with Gasteiger partial charge in [0.2, 0.25) is 0 Å². The topological polar surface area (TPSA) is 27.0 Å². The highest BCUT2D eigenvalue weighted by atomic mass is 19.4. The monoisotopic (exact) mass is 268 g/mol. The molecule has 0 aliphatic carbocycles. The maximum absolute atomic E-state index is 12.5. The van der Waals surface area contributed by atoms with E-state index in [1.807, 2.05) is 4.90 Å². The van der Waals surface area contributed by atoms with Gasteiger partial charge in [0.05, 0.1) is 18.1 Å². The third kappa shape index (κ3) is 3.19. The van der Waals surface area contributed by atoms with E-state index < -0.39 is 11.7 Å². The van der Waals surface area contributed by atoms with Gasteiger partial charge in [0.1, 0.15) is 0 Å². The number of nitrogens with zero attached hydrogens (tertiary/aromatic N) is 2. The summed E-state index contributed by atoms with van der Waals surface area (Å²) < 4.78 is 37.5. The number of nitriles is 1. The molecule has 1 aliphatic rings. The molecule has 1 aromatic rings. The van der Waals surface area contributed by atoms with Crippen molar-refractivity contribution in [1.29, 1.82) is 5.26 Å². The predicted octanol–water partition coefficient (Wildman–Crippen LogP) is 3.98. The average molecular weight is 268 g/mol. The molecule has 1 unspecified atom stereocenters. The lowest BCUT2D eigenvalue weighted by Crippen LogP contribution is -2.39. The molecule has 1 fully saturated rings. The zero-order valence-corrected chi connectivity index (χ0v) is 10.5. The molecule has 2 rings (SSSR count). The van der Waals surface area contributed by atoms with Crippen molar-refractivity contribution in [3.8, 4) is 6.07 Å². The predicted molar refractivity (Wildman–Crippen MR) is 66.7 cm³/mol. The van der Waals surface area contributed by atoms with Gasteiger partial charge in [0, 0.05) is 18.3 Å². The van der Waals surface area contributed by atoms with Crippen LogP contribution in [0.1, 0.15) is 31.2 Å². The molecular formula is C14H15F3N2. The third-order valence-corrected chi connectivity index (χ3v) is 3.48. The van der Waals surface area contributed by atoms with E-state index in [0.717, 1.165) is 43.6 Å². The van der Waals surface area contributed by atoms with Crippen LogP contribution >= 0.6 is 0 Å². The van der Waals surface area contributed by atoms with Crippen LogP contribution < -0.4 is 4.90 Å². The molecule has 0 amide bonds. The van der Waals surface area contributed by atoms with Crippen LogP contribution in [0.5, 0.6) is 0 Å². The van der Waals surface area contributed by atoms with Gasteiger partial charge < -0.3 is 4.90 Å². The molecule has 5 heteroatoms. The van der Waals surface area contributed by atoms with Crippen molar-refractivity contribution < 1.29 is 13.2 Å². The molecule has 0 saturated carbocycles. The van der Waals surface area contributed by atoms with Gasteiger partial charge in [-0.1, -0.05) is 0 Å². The molecule has 1 aromatic carbocycles. The summed E-state index contributed by atoms with van der Waals surface area (Å²) in [6.45, 7) is 0.803. The lowest BCUT2D eigenvalue weighted by atomic mass is 9.99. The normalized spacial score (nSPS) is 20.1. The van der Waals surface area contributed by atoms with Crippen molar-refractivity contribution in [2.45, 2.75) is 37.9 Å². The molecule has 0 spiro atoms. The van der Waals surface area contributed by atoms with Gasteiger partial charge in [0.25, 0.3) is 0 Å². The fraction of sp³-hybridized carbons (Fsp3) is 0.500. The maximum Gasteiger partial charge on any atom is 0.416 e. The molecule has 1 aliphatic heterocycles. The first-order valence-corrected chi connectivity index (χ1v) is 6.33. The van der Waals surface area contributed by atoms with E-state index in [1.165, 1.54) is 12.1 Å². The summed E-state index contributed by atoms with van der Waals surface area (Å²) in [5, 5.41) is 8.81. The molecule has 2 nitrogen and oxygen atoms in total. The van der Waals surface area contributed by atoms with Crippen LogP contribution in [0.25, 0.3) is 0 Å². The number of benzene rings is 1. The summed E-state index contributed by atoms with van der Waals surface area (Å²) in [5.41, 5.74) is 0.137. The summed E-state index contributed by atoms with van der Waals surface area (Å²) in [5.74, 6) is 0. The second-order valence-electron chi connectivity index (χ2n) is 4.75. The van der Waals surface area contributed by atoms with Crippen molar-refractivity contribution in [2.75, 3.05) is 11.4 Å². The van der Waals surface area contributed by atoms with Crippen LogP contribution in [-0.4, -0.2) is 12.6 Å². The Labute approximate surface area is 110 Å². The summed E-state index contributed by atoms with van der Waals surface area (Å²) in [6.07, 6.45) is -0.867. The number of hydrogen-bond acceptors (Lipinski definition) is 2. The van der Waals surface area contributed by atoms with Gasteiger partial charge in [-0.05, 0) is 43.5 Å². The van der Waals surface area contributed by atoms with E-state index in [0.29, 0.717) is 6.42 Å². The Morgan fingerprint density at radius 1 is 1.21 bits per heavy atom. The molecule has 0 N–H and O–H groups in total. The number of rotatable bonds is 2. The lowest BCUT2D eigenvalue weighted by Gasteiger charge is -2.36. The molecular weight excluding hydrogens is 253 g/mol. The zero-order valence-electron chi connectivity index (χ0n) is 10.5. The zero-order chi connectivity index (χ0) is 13.9. The molecule has 19 heavy (non-hydrogen) atoms. The number of alkyl halides is 3. The molecule has 0 radical (unpaired) electrons. The second kappa shape index (κ2) is 5.52. The molecule has 102 valence electrons. The Bertz CT molecular complexity index is 459. The highest BCUT2D eigenvalue weighted by Crippen LogP contribution is 2.32. The molecule has 1 saturated heterocycles. The Morgan fingerprint density at radius 3 is 2.47 bits per heavy atom. The second-order valence-corrected chi connectivity index (χ2v) is 4.75. The summed E-state index contributed by atoms with van der Waals surface area (Å²) >= 11 is 0. The summed E-state index contributed by atoms with van der Waals surface area (Å²) in [7, 11) is 0. The van der Waals surface area contributed by atoms with Crippen LogP contribution in [0.3, 0.4) is 0 Å². The maximum atomic E-state index is 12.5. The van der Waals surface area contributed by atoms with Crippen LogP contribution in [0.4, 0.5) is 18.9 Å². The van der Waals surface area contributed by atoms with Crippen molar-refractivity contribution >= 4 is 5.69 Å². The third-order valence-electron chi connectivity index (χ3n) is 3.48. The van der Waals surface area contributed by atoms with Gasteiger partial charge in [-0.2, -0.15) is 18.4 Å². The Balaban J connectivity index is 2.18. The number of anilines is 1. The van der Waals surface area contributed by atoms with Gasteiger partial charge >= 0.3 is 6.18 Å². The standard InChI is InChI=1S/C14H15F3N2/c15-14(16,17)11-4-6-13(7-5-11)19-10-2-1-3-12(19)8-9-18/h4-7,12H,1-3,8,10H2. The molecule has 1 heterocycles. The SMILES string of the molecule is N#CCC1CCCCN1c1ccc(C(F)(F)F)cc1. The van der Waals surface area contributed by atoms with Gasteiger partial charge in [-0.3, -0.25) is 0 Å². The van der Waals surface area contributed by atoms with E-state index in [1.54, 1.807) is 0 Å². The number of halogens is 3. The minimum absolute atomic E-state index is 0.121. The van der Waals surface area contributed by atoms with Crippen molar-refractivity contribution in [3.63, 3.8) is 0 Å². The van der Waals surface area contributed by atoms with E-state index in [2.05, 4.69) is 6.07 Å². The minimum Gasteiger partial charge on any atom is -0.368 e. The fourth-order valence-electron chi connectivity index (χ4n) is 2.50. The first kappa shape index (κ1) is 13.7. The average Bonchev–Trinajstić information content (AvgIpc) is 2.39. The van der Waals surface area contributed by atoms with Gasteiger partial charge in [-0.25, -0.2) is 0 Å². The van der Waals surface area contributed by atoms with Crippen LogP contribution in [-0.2, 0) is 6.18 Å². The van der Waals surface area contributed by atoms with Gasteiger partial charge in [0.15, 0.2) is 0 Å². The lowest BCUT2D eigenvalue weighted by molar-refractivity contribution is -0.137. The quantitative estimate of drug-likeness (QED) is 0.811. The smallest absolute Gasteiger partial charge is 0.368 e. The summed E-state index contributed by atoms with van der Waals surface area (Å²) in [4.78, 5) is 2.05. The van der Waals surface area contributed by atoms with Gasteiger partial charge in [-0.15, -0.1) is 0 Å². The minimum atomic E-state index is -4.30. The number of hydrogen-bond donors (Lipinski definition) is 0.